The Hall–Kier alpha value is -3.44. The van der Waals surface area contributed by atoms with Gasteiger partial charge in [-0.25, -0.2) is 14.2 Å². The average Bonchev–Trinajstić information content (AvgIpc) is 3.34. The van der Waals surface area contributed by atoms with Crippen LogP contribution in [0.5, 0.6) is 5.75 Å². The number of halogens is 3. The van der Waals surface area contributed by atoms with E-state index in [1.54, 1.807) is 45.0 Å². The van der Waals surface area contributed by atoms with Crippen LogP contribution in [0.2, 0.25) is 10.2 Å². The van der Waals surface area contributed by atoms with Gasteiger partial charge in [0.1, 0.15) is 17.4 Å². The molecule has 2 aromatic heterocycles. The molecule has 2 amide bonds. The highest BCUT2D eigenvalue weighted by Gasteiger charge is 2.38. The molecule has 0 spiro atoms. The number of rotatable bonds is 6. The summed E-state index contributed by atoms with van der Waals surface area (Å²) in [6.07, 6.45) is 1.59. The summed E-state index contributed by atoms with van der Waals surface area (Å²) in [5.74, 6) is -0.589. The third-order valence-corrected chi connectivity index (χ3v) is 6.06. The van der Waals surface area contributed by atoms with Crippen LogP contribution in [0.15, 0.2) is 40.9 Å². The molecule has 4 rings (SSSR count). The average molecular weight is 566 g/mol. The maximum Gasteiger partial charge on any atom is 0.411 e. The van der Waals surface area contributed by atoms with Crippen molar-refractivity contribution < 1.29 is 27.9 Å². The molecular weight excluding hydrogens is 540 g/mol. The minimum atomic E-state index is -0.754. The van der Waals surface area contributed by atoms with E-state index in [0.717, 1.165) is 6.07 Å². The van der Waals surface area contributed by atoms with Crippen molar-refractivity contribution in [3.8, 4) is 17.2 Å². The Morgan fingerprint density at radius 1 is 1.18 bits per heavy atom. The molecule has 0 bridgehead atoms. The second-order valence-electron chi connectivity index (χ2n) is 9.67. The van der Waals surface area contributed by atoms with Crippen molar-refractivity contribution >= 4 is 35.2 Å². The van der Waals surface area contributed by atoms with Gasteiger partial charge >= 0.3 is 6.09 Å². The first-order valence-electron chi connectivity index (χ1n) is 11.8. The number of hydrogen-bond acceptors (Lipinski definition) is 8. The molecule has 1 aliphatic rings. The molecule has 0 saturated carbocycles. The van der Waals surface area contributed by atoms with Crippen LogP contribution < -0.4 is 10.1 Å². The maximum absolute atomic E-state index is 13.6. The highest BCUT2D eigenvalue weighted by Crippen LogP contribution is 2.33. The topological polar surface area (TPSA) is 120 Å². The number of pyridine rings is 1. The molecule has 3 aromatic rings. The second kappa shape index (κ2) is 11.5. The zero-order valence-electron chi connectivity index (χ0n) is 20.9. The number of amides is 2. The highest BCUT2D eigenvalue weighted by molar-refractivity contribution is 6.30. The molecular formula is C25H26Cl2FN5O5. The maximum atomic E-state index is 13.6. The summed E-state index contributed by atoms with van der Waals surface area (Å²) < 4.78 is 30.4. The van der Waals surface area contributed by atoms with Gasteiger partial charge in [0.05, 0.1) is 6.20 Å². The van der Waals surface area contributed by atoms with E-state index in [1.165, 1.54) is 11.1 Å². The van der Waals surface area contributed by atoms with E-state index in [4.69, 9.17) is 37.1 Å². The minimum absolute atomic E-state index is 0.0639. The Balaban J connectivity index is 1.44. The summed E-state index contributed by atoms with van der Waals surface area (Å²) >= 11 is 11.5. The number of hydrogen-bond donors (Lipinski definition) is 1. The molecule has 10 nitrogen and oxygen atoms in total. The lowest BCUT2D eigenvalue weighted by atomic mass is 9.98. The summed E-state index contributed by atoms with van der Waals surface area (Å²) in [4.78, 5) is 30.8. The summed E-state index contributed by atoms with van der Waals surface area (Å²) in [6.45, 7) is 5.06. The lowest BCUT2D eigenvalue weighted by Crippen LogP contribution is -2.52. The normalized spacial score (nSPS) is 17.7. The van der Waals surface area contributed by atoms with Crippen LogP contribution in [0, 0.1) is 5.82 Å². The number of likely N-dealkylation sites (tertiary alicyclic amines) is 1. The Morgan fingerprint density at radius 2 is 1.92 bits per heavy atom. The van der Waals surface area contributed by atoms with Crippen LogP contribution in [-0.4, -0.2) is 56.9 Å². The fourth-order valence-electron chi connectivity index (χ4n) is 3.85. The van der Waals surface area contributed by atoms with Gasteiger partial charge in [-0.3, -0.25) is 9.69 Å². The van der Waals surface area contributed by atoms with Gasteiger partial charge in [0.25, 0.3) is 5.91 Å². The first-order chi connectivity index (χ1) is 18.0. The third-order valence-electron chi connectivity index (χ3n) is 5.53. The zero-order valence-corrected chi connectivity index (χ0v) is 22.4. The number of benzene rings is 1. The molecule has 1 aromatic carbocycles. The first-order valence-corrected chi connectivity index (χ1v) is 12.6. The molecule has 202 valence electrons. The number of carbonyl (C=O) groups excluding carboxylic acids is 2. The Morgan fingerprint density at radius 3 is 2.61 bits per heavy atom. The van der Waals surface area contributed by atoms with Gasteiger partial charge in [0, 0.05) is 29.2 Å². The van der Waals surface area contributed by atoms with Crippen molar-refractivity contribution in [3.05, 3.63) is 58.4 Å². The van der Waals surface area contributed by atoms with Crippen LogP contribution in [0.3, 0.4) is 0 Å². The van der Waals surface area contributed by atoms with E-state index in [9.17, 15) is 14.0 Å². The number of carbonyl (C=O) groups is 2. The molecule has 3 heterocycles. The summed E-state index contributed by atoms with van der Waals surface area (Å²) in [5.41, 5.74) is -0.0506. The fraction of sp³-hybridized carbons (Fsp3) is 0.400. The Labute approximate surface area is 228 Å². The van der Waals surface area contributed by atoms with Crippen LogP contribution in [0.4, 0.5) is 9.18 Å². The smallest absolute Gasteiger partial charge is 0.411 e. The number of piperidine rings is 1. The van der Waals surface area contributed by atoms with E-state index in [1.807, 2.05) is 0 Å². The van der Waals surface area contributed by atoms with Crippen LogP contribution in [-0.2, 0) is 9.53 Å². The quantitative estimate of drug-likeness (QED) is 0.404. The van der Waals surface area contributed by atoms with Crippen molar-refractivity contribution in [1.82, 2.24) is 25.4 Å². The van der Waals surface area contributed by atoms with E-state index >= 15 is 0 Å². The molecule has 0 radical (unpaired) electrons. The first kappa shape index (κ1) is 27.6. The predicted octanol–water partition coefficient (Wildman–Crippen LogP) is 5.21. The van der Waals surface area contributed by atoms with Gasteiger partial charge in [-0.05, 0) is 57.9 Å². The zero-order chi connectivity index (χ0) is 27.4. The lowest BCUT2D eigenvalue weighted by Gasteiger charge is -2.38. The van der Waals surface area contributed by atoms with Crippen molar-refractivity contribution in [2.45, 2.75) is 51.3 Å². The van der Waals surface area contributed by atoms with Crippen molar-refractivity contribution in [1.29, 1.82) is 0 Å². The molecule has 1 saturated heterocycles. The molecule has 0 aliphatic carbocycles. The van der Waals surface area contributed by atoms with Gasteiger partial charge in [-0.1, -0.05) is 23.2 Å². The fourth-order valence-corrected chi connectivity index (χ4v) is 4.08. The Bertz CT molecular complexity index is 1300. The monoisotopic (exact) mass is 565 g/mol. The SMILES string of the molecule is CC(C)(C)OC(=O)N1C[C@@H](NC(=O)COc2cnc(Cl)c(F)c2)CC[C@@H]1c1nnc(-c2ccc(Cl)cc2)o1. The minimum Gasteiger partial charge on any atom is -0.482 e. The van der Waals surface area contributed by atoms with Crippen LogP contribution >= 0.6 is 23.2 Å². The Kier molecular flexibility index (Phi) is 8.37. The van der Waals surface area contributed by atoms with Crippen molar-refractivity contribution in [2.24, 2.45) is 0 Å². The molecule has 1 aliphatic heterocycles. The van der Waals surface area contributed by atoms with Crippen LogP contribution in [0.25, 0.3) is 11.5 Å². The van der Waals surface area contributed by atoms with E-state index in [0.29, 0.717) is 29.3 Å². The van der Waals surface area contributed by atoms with Crippen molar-refractivity contribution in [3.63, 3.8) is 0 Å². The number of ether oxygens (including phenoxy) is 2. The standard InChI is InChI=1S/C25H26Cl2FN5O5/c1-25(2,3)38-24(35)33-12-16(30-20(34)13-36-17-10-18(28)21(27)29-11-17)8-9-19(33)23-32-31-22(37-23)14-4-6-15(26)7-5-14/h4-7,10-11,16,19H,8-9,12-13H2,1-3H3,(H,30,34)/t16-,19+/m0/s1. The van der Waals surface area contributed by atoms with Gasteiger partial charge in [-0.15, -0.1) is 10.2 Å². The molecule has 2 atom stereocenters. The number of nitrogens with one attached hydrogen (secondary N) is 1. The predicted molar refractivity (Wildman–Crippen MR) is 136 cm³/mol. The third kappa shape index (κ3) is 7.11. The lowest BCUT2D eigenvalue weighted by molar-refractivity contribution is -0.124. The molecule has 1 N–H and O–H groups in total. The van der Waals surface area contributed by atoms with Crippen molar-refractivity contribution in [2.75, 3.05) is 13.2 Å². The highest BCUT2D eigenvalue weighted by atomic mass is 35.5. The molecule has 1 fully saturated rings. The summed E-state index contributed by atoms with van der Waals surface area (Å²) in [6, 6.07) is 7.04. The molecule has 0 unspecified atom stereocenters. The molecule has 13 heteroatoms. The summed E-state index contributed by atoms with van der Waals surface area (Å²) in [7, 11) is 0. The largest absolute Gasteiger partial charge is 0.482 e. The van der Waals surface area contributed by atoms with Gasteiger partial charge in [-0.2, -0.15) is 0 Å². The number of aromatic nitrogens is 3. The summed E-state index contributed by atoms with van der Waals surface area (Å²) in [5, 5.41) is 11.4. The number of nitrogens with zero attached hydrogens (tertiary/aromatic N) is 4. The van der Waals surface area contributed by atoms with Crippen LogP contribution in [0.1, 0.15) is 45.5 Å². The van der Waals surface area contributed by atoms with Gasteiger partial charge < -0.3 is 19.2 Å². The second-order valence-corrected chi connectivity index (χ2v) is 10.5. The van der Waals surface area contributed by atoms with E-state index in [-0.39, 0.29) is 29.9 Å². The van der Waals surface area contributed by atoms with E-state index < -0.39 is 35.5 Å². The molecule has 38 heavy (non-hydrogen) atoms. The van der Waals surface area contributed by atoms with Gasteiger partial charge in [0.2, 0.25) is 11.8 Å². The van der Waals surface area contributed by atoms with E-state index in [2.05, 4.69) is 20.5 Å². The van der Waals surface area contributed by atoms with Gasteiger partial charge in [0.15, 0.2) is 17.6 Å².